The van der Waals surface area contributed by atoms with Gasteiger partial charge in [0, 0.05) is 13.2 Å². The molecule has 10 heavy (non-hydrogen) atoms. The lowest BCUT2D eigenvalue weighted by molar-refractivity contribution is -0.00587. The molecule has 0 saturated carbocycles. The van der Waals surface area contributed by atoms with E-state index in [0.717, 1.165) is 0 Å². The third-order valence-electron chi connectivity index (χ3n) is 2.00. The van der Waals surface area contributed by atoms with Crippen LogP contribution in [0.4, 0.5) is 8.78 Å². The summed E-state index contributed by atoms with van der Waals surface area (Å²) in [4.78, 5) is 0. The Kier molecular flexibility index (Phi) is 2.21. The molecule has 1 aliphatic rings. The average Bonchev–Trinajstić information content (AvgIpc) is 2.35. The van der Waals surface area contributed by atoms with Gasteiger partial charge in [-0.2, -0.15) is 0 Å². The third kappa shape index (κ3) is 1.13. The molecule has 1 heterocycles. The van der Waals surface area contributed by atoms with Crippen molar-refractivity contribution in [2.75, 3.05) is 19.8 Å². The molecule has 0 aromatic heterocycles. The van der Waals surface area contributed by atoms with Gasteiger partial charge in [0.15, 0.2) is 0 Å². The molecule has 1 rings (SSSR count). The number of nitrogens with two attached hydrogens (primary N) is 1. The highest BCUT2D eigenvalue weighted by Gasteiger charge is 2.42. The topological polar surface area (TPSA) is 35.2 Å². The fourth-order valence-electron chi connectivity index (χ4n) is 1.05. The Hall–Kier alpha value is -0.220. The zero-order valence-corrected chi connectivity index (χ0v) is 5.65. The van der Waals surface area contributed by atoms with E-state index in [1.807, 2.05) is 0 Å². The number of hydrogen-bond acceptors (Lipinski definition) is 2. The van der Waals surface area contributed by atoms with Crippen LogP contribution in [0.1, 0.15) is 6.42 Å². The van der Waals surface area contributed by atoms with Crippen LogP contribution in [-0.4, -0.2) is 26.2 Å². The van der Waals surface area contributed by atoms with Crippen molar-refractivity contribution in [2.24, 2.45) is 11.1 Å². The molecule has 4 heteroatoms. The van der Waals surface area contributed by atoms with E-state index < -0.39 is 11.8 Å². The smallest absolute Gasteiger partial charge is 0.247 e. The van der Waals surface area contributed by atoms with Crippen molar-refractivity contribution in [3.05, 3.63) is 0 Å². The van der Waals surface area contributed by atoms with E-state index in [4.69, 9.17) is 10.5 Å². The second-order valence-corrected chi connectivity index (χ2v) is 2.67. The average molecular weight is 151 g/mol. The highest BCUT2D eigenvalue weighted by molar-refractivity contribution is 4.86. The zero-order valence-electron chi connectivity index (χ0n) is 5.65. The summed E-state index contributed by atoms with van der Waals surface area (Å²) in [5.41, 5.74) is 4.17. The monoisotopic (exact) mass is 151 g/mol. The van der Waals surface area contributed by atoms with Gasteiger partial charge in [0.1, 0.15) is 0 Å². The summed E-state index contributed by atoms with van der Waals surface area (Å²) in [5, 5.41) is 0. The lowest BCUT2D eigenvalue weighted by Gasteiger charge is -2.23. The van der Waals surface area contributed by atoms with Gasteiger partial charge in [0.25, 0.3) is 0 Å². The molecular formula is C6H11F2NO. The van der Waals surface area contributed by atoms with E-state index >= 15 is 0 Å². The van der Waals surface area contributed by atoms with E-state index in [-0.39, 0.29) is 13.2 Å². The molecule has 1 fully saturated rings. The van der Waals surface area contributed by atoms with Gasteiger partial charge in [-0.3, -0.25) is 0 Å². The maximum absolute atomic E-state index is 12.2. The minimum atomic E-state index is -2.35. The summed E-state index contributed by atoms with van der Waals surface area (Å²) in [6.45, 7) is 0.549. The first-order chi connectivity index (χ1) is 4.71. The van der Waals surface area contributed by atoms with E-state index in [2.05, 4.69) is 0 Å². The van der Waals surface area contributed by atoms with Crippen LogP contribution in [0.3, 0.4) is 0 Å². The number of alkyl halides is 2. The molecule has 1 saturated heterocycles. The molecule has 1 unspecified atom stereocenters. The first-order valence-corrected chi connectivity index (χ1v) is 3.27. The molecule has 2 nitrogen and oxygen atoms in total. The van der Waals surface area contributed by atoms with E-state index in [9.17, 15) is 8.78 Å². The van der Waals surface area contributed by atoms with E-state index in [1.54, 1.807) is 0 Å². The summed E-state index contributed by atoms with van der Waals surface area (Å²) < 4.78 is 29.3. The van der Waals surface area contributed by atoms with E-state index in [1.165, 1.54) is 0 Å². The van der Waals surface area contributed by atoms with Crippen molar-refractivity contribution >= 4 is 0 Å². The Bertz CT molecular complexity index is 112. The minimum Gasteiger partial charge on any atom is -0.381 e. The molecule has 2 N–H and O–H groups in total. The van der Waals surface area contributed by atoms with Crippen LogP contribution in [0.15, 0.2) is 0 Å². The first kappa shape index (κ1) is 7.88. The molecule has 0 amide bonds. The van der Waals surface area contributed by atoms with E-state index in [0.29, 0.717) is 13.0 Å². The Morgan fingerprint density at radius 1 is 1.60 bits per heavy atom. The number of rotatable bonds is 2. The number of ether oxygens (including phenoxy) is 1. The number of hydrogen-bond donors (Lipinski definition) is 1. The molecule has 0 bridgehead atoms. The van der Waals surface area contributed by atoms with Crippen molar-refractivity contribution in [2.45, 2.75) is 12.8 Å². The summed E-state index contributed by atoms with van der Waals surface area (Å²) >= 11 is 0. The minimum absolute atomic E-state index is 0.0185. The Labute approximate surface area is 58.3 Å². The second-order valence-electron chi connectivity index (χ2n) is 2.67. The van der Waals surface area contributed by atoms with Crippen molar-refractivity contribution in [1.29, 1.82) is 0 Å². The molecule has 0 aromatic rings. The fraction of sp³-hybridized carbons (Fsp3) is 1.00. The third-order valence-corrected chi connectivity index (χ3v) is 2.00. The van der Waals surface area contributed by atoms with Crippen LogP contribution >= 0.6 is 0 Å². The molecular weight excluding hydrogens is 140 g/mol. The Morgan fingerprint density at radius 2 is 2.30 bits per heavy atom. The fourth-order valence-corrected chi connectivity index (χ4v) is 1.05. The SMILES string of the molecule is NCC1(C(F)F)CCOC1. The van der Waals surface area contributed by atoms with Crippen LogP contribution in [0.2, 0.25) is 0 Å². The van der Waals surface area contributed by atoms with Crippen LogP contribution < -0.4 is 5.73 Å². The predicted molar refractivity (Wildman–Crippen MR) is 32.9 cm³/mol. The summed E-state index contributed by atoms with van der Waals surface area (Å²) in [6.07, 6.45) is -1.96. The summed E-state index contributed by atoms with van der Waals surface area (Å²) in [7, 11) is 0. The van der Waals surface area contributed by atoms with Gasteiger partial charge < -0.3 is 10.5 Å². The van der Waals surface area contributed by atoms with Gasteiger partial charge in [-0.1, -0.05) is 0 Å². The highest BCUT2D eigenvalue weighted by Crippen LogP contribution is 2.33. The van der Waals surface area contributed by atoms with Crippen LogP contribution in [0, 0.1) is 5.41 Å². The Morgan fingerprint density at radius 3 is 2.50 bits per heavy atom. The maximum Gasteiger partial charge on any atom is 0.247 e. The van der Waals surface area contributed by atoms with Crippen LogP contribution in [-0.2, 0) is 4.74 Å². The lowest BCUT2D eigenvalue weighted by Crippen LogP contribution is -2.37. The van der Waals surface area contributed by atoms with Crippen molar-refractivity contribution in [3.8, 4) is 0 Å². The van der Waals surface area contributed by atoms with Crippen molar-refractivity contribution in [3.63, 3.8) is 0 Å². The first-order valence-electron chi connectivity index (χ1n) is 3.27. The standard InChI is InChI=1S/C6H11F2NO/c7-5(8)6(3-9)1-2-10-4-6/h5H,1-4,9H2. The maximum atomic E-state index is 12.2. The molecule has 0 spiro atoms. The highest BCUT2D eigenvalue weighted by atomic mass is 19.3. The summed E-state index contributed by atoms with van der Waals surface area (Å²) in [5.74, 6) is 0. The predicted octanol–water partition coefficient (Wildman–Crippen LogP) is 0.617. The van der Waals surface area contributed by atoms with Crippen molar-refractivity contribution < 1.29 is 13.5 Å². The Balaban J connectivity index is 2.58. The molecule has 1 atom stereocenters. The normalized spacial score (nSPS) is 33.6. The van der Waals surface area contributed by atoms with Gasteiger partial charge in [0.2, 0.25) is 6.43 Å². The largest absolute Gasteiger partial charge is 0.381 e. The quantitative estimate of drug-likeness (QED) is 0.627. The molecule has 0 aromatic carbocycles. The van der Waals surface area contributed by atoms with Gasteiger partial charge in [-0.25, -0.2) is 8.78 Å². The van der Waals surface area contributed by atoms with Gasteiger partial charge >= 0.3 is 0 Å². The van der Waals surface area contributed by atoms with Gasteiger partial charge in [-0.05, 0) is 6.42 Å². The second kappa shape index (κ2) is 2.80. The van der Waals surface area contributed by atoms with Crippen LogP contribution in [0.25, 0.3) is 0 Å². The van der Waals surface area contributed by atoms with Gasteiger partial charge in [-0.15, -0.1) is 0 Å². The number of halogens is 2. The van der Waals surface area contributed by atoms with Crippen molar-refractivity contribution in [1.82, 2.24) is 0 Å². The van der Waals surface area contributed by atoms with Gasteiger partial charge in [0.05, 0.1) is 12.0 Å². The summed E-state index contributed by atoms with van der Waals surface area (Å²) in [6, 6.07) is 0. The zero-order chi connectivity index (χ0) is 7.61. The molecule has 0 radical (unpaired) electrons. The molecule has 1 aliphatic heterocycles. The van der Waals surface area contributed by atoms with Crippen LogP contribution in [0.5, 0.6) is 0 Å². The molecule has 0 aliphatic carbocycles. The molecule has 60 valence electrons. The lowest BCUT2D eigenvalue weighted by atomic mass is 9.88.